The van der Waals surface area contributed by atoms with Crippen LogP contribution in [-0.2, 0) is 4.84 Å². The highest BCUT2D eigenvalue weighted by Gasteiger charge is 2.24. The van der Waals surface area contributed by atoms with Crippen LogP contribution in [0.5, 0.6) is 0 Å². The Morgan fingerprint density at radius 1 is 1.85 bits per heavy atom. The Kier molecular flexibility index (Phi) is 3.97. The predicted molar refractivity (Wildman–Crippen MR) is 48.8 cm³/mol. The molecule has 6 heteroatoms. The van der Waals surface area contributed by atoms with Gasteiger partial charge in [0.1, 0.15) is 6.34 Å². The lowest BCUT2D eigenvalue weighted by Gasteiger charge is -2.27. The van der Waals surface area contributed by atoms with Gasteiger partial charge >= 0.3 is 0 Å². The molecule has 0 saturated carbocycles. The zero-order valence-corrected chi connectivity index (χ0v) is 7.23. The van der Waals surface area contributed by atoms with Crippen LogP contribution in [-0.4, -0.2) is 42.5 Å². The molecule has 1 heterocycles. The van der Waals surface area contributed by atoms with Gasteiger partial charge in [0.05, 0.1) is 18.4 Å². The van der Waals surface area contributed by atoms with Gasteiger partial charge in [0.25, 0.3) is 0 Å². The Balaban J connectivity index is 2.46. The Hall–Kier alpha value is -0.820. The van der Waals surface area contributed by atoms with Crippen LogP contribution in [0, 0.1) is 5.41 Å². The molecule has 0 aliphatic carbocycles. The Labute approximate surface area is 76.3 Å². The van der Waals surface area contributed by atoms with Gasteiger partial charge < -0.3 is 15.3 Å². The molecule has 0 spiro atoms. The number of aliphatic hydroxyl groups excluding tert-OH is 1. The first-order valence-corrected chi connectivity index (χ1v) is 4.06. The van der Waals surface area contributed by atoms with Gasteiger partial charge in [0.15, 0.2) is 0 Å². The summed E-state index contributed by atoms with van der Waals surface area (Å²) in [5.41, 5.74) is 0.586. The van der Waals surface area contributed by atoms with E-state index in [-0.39, 0.29) is 6.04 Å². The van der Waals surface area contributed by atoms with E-state index in [4.69, 9.17) is 11.3 Å². The lowest BCUT2D eigenvalue weighted by atomic mass is 10.0. The van der Waals surface area contributed by atoms with Crippen molar-refractivity contribution < 1.29 is 9.94 Å². The number of hydrogen-bond donors (Lipinski definition) is 4. The van der Waals surface area contributed by atoms with Crippen molar-refractivity contribution in [1.29, 1.82) is 5.41 Å². The summed E-state index contributed by atoms with van der Waals surface area (Å²) in [5.74, 6) is 4.91. The summed E-state index contributed by atoms with van der Waals surface area (Å²) in [6.07, 6.45) is 0.854. The lowest BCUT2D eigenvalue weighted by molar-refractivity contribution is 0.0923. The van der Waals surface area contributed by atoms with E-state index >= 15 is 0 Å². The van der Waals surface area contributed by atoms with Gasteiger partial charge in [-0.05, 0) is 6.42 Å². The second-order valence-electron chi connectivity index (χ2n) is 2.91. The van der Waals surface area contributed by atoms with E-state index in [0.29, 0.717) is 25.3 Å². The number of aliphatic hydroxyl groups is 1. The first-order valence-electron chi connectivity index (χ1n) is 4.06. The van der Waals surface area contributed by atoms with Crippen molar-refractivity contribution in [2.45, 2.75) is 18.6 Å². The molecule has 1 saturated heterocycles. The summed E-state index contributed by atoms with van der Waals surface area (Å²) in [7, 11) is 0. The van der Waals surface area contributed by atoms with Crippen molar-refractivity contribution in [2.24, 2.45) is 10.9 Å². The van der Waals surface area contributed by atoms with Crippen molar-refractivity contribution in [3.05, 3.63) is 0 Å². The van der Waals surface area contributed by atoms with Crippen LogP contribution in [0.1, 0.15) is 6.42 Å². The Bertz CT molecular complexity index is 207. The maximum absolute atomic E-state index is 9.53. The molecule has 13 heavy (non-hydrogen) atoms. The number of nitrogens with one attached hydrogen (secondary N) is 2. The van der Waals surface area contributed by atoms with Gasteiger partial charge in [-0.2, -0.15) is 0 Å². The van der Waals surface area contributed by atoms with Crippen LogP contribution in [0.25, 0.3) is 0 Å². The van der Waals surface area contributed by atoms with Crippen molar-refractivity contribution in [3.8, 4) is 0 Å². The van der Waals surface area contributed by atoms with Crippen molar-refractivity contribution in [1.82, 2.24) is 5.32 Å². The van der Waals surface area contributed by atoms with Crippen LogP contribution in [0.15, 0.2) is 4.99 Å². The quantitative estimate of drug-likeness (QED) is 0.248. The van der Waals surface area contributed by atoms with E-state index in [1.807, 2.05) is 0 Å². The number of nitrogens with two attached hydrogens (primary N) is 1. The van der Waals surface area contributed by atoms with Gasteiger partial charge in [-0.15, -0.1) is 0 Å². The third-order valence-corrected chi connectivity index (χ3v) is 1.99. The molecule has 0 aromatic rings. The molecular formula is C7H14N4O2. The van der Waals surface area contributed by atoms with Gasteiger partial charge in [-0.1, -0.05) is 0 Å². The van der Waals surface area contributed by atoms with E-state index in [9.17, 15) is 5.11 Å². The van der Waals surface area contributed by atoms with Crippen LogP contribution < -0.4 is 11.2 Å². The van der Waals surface area contributed by atoms with Gasteiger partial charge in [-0.25, -0.2) is 10.9 Å². The molecule has 1 aliphatic heterocycles. The van der Waals surface area contributed by atoms with Crippen molar-refractivity contribution in [2.75, 3.05) is 13.2 Å². The second-order valence-corrected chi connectivity index (χ2v) is 2.91. The largest absolute Gasteiger partial charge is 0.387 e. The second kappa shape index (κ2) is 5.03. The summed E-state index contributed by atoms with van der Waals surface area (Å²) in [6, 6.07) is 0.0599. The van der Waals surface area contributed by atoms with E-state index in [1.165, 1.54) is 0 Å². The number of hydrogen-bond acceptors (Lipinski definition) is 5. The maximum Gasteiger partial charge on any atom is 0.106 e. The van der Waals surface area contributed by atoms with Crippen LogP contribution in [0.2, 0.25) is 0 Å². The molecule has 74 valence electrons. The summed E-state index contributed by atoms with van der Waals surface area (Å²) >= 11 is 0. The molecule has 1 fully saturated rings. The van der Waals surface area contributed by atoms with Gasteiger partial charge in [0.2, 0.25) is 0 Å². The van der Waals surface area contributed by atoms with Gasteiger partial charge in [-0.3, -0.25) is 5.41 Å². The summed E-state index contributed by atoms with van der Waals surface area (Å²) in [5, 5.41) is 19.4. The fourth-order valence-corrected chi connectivity index (χ4v) is 1.31. The minimum atomic E-state index is -0.594. The molecule has 0 aromatic heterocycles. The predicted octanol–water partition coefficient (Wildman–Crippen LogP) is -1.35. The SMILES string of the molecule is N=CN=C1CN[C@H](CON)C[C@@H]1O. The average Bonchev–Trinajstić information content (AvgIpc) is 2.10. The smallest absolute Gasteiger partial charge is 0.106 e. The highest BCUT2D eigenvalue weighted by atomic mass is 16.6. The number of aliphatic imine (C=N–C) groups is 1. The summed E-state index contributed by atoms with van der Waals surface area (Å²) in [4.78, 5) is 8.20. The molecule has 0 bridgehead atoms. The molecule has 0 unspecified atom stereocenters. The lowest BCUT2D eigenvalue weighted by Crippen LogP contribution is -2.49. The molecule has 0 aromatic carbocycles. The third kappa shape index (κ3) is 2.85. The Morgan fingerprint density at radius 3 is 3.15 bits per heavy atom. The topological polar surface area (TPSA) is 104 Å². The highest BCUT2D eigenvalue weighted by Crippen LogP contribution is 2.06. The number of nitrogens with zero attached hydrogens (tertiary/aromatic N) is 1. The number of rotatable bonds is 3. The van der Waals surface area contributed by atoms with E-state index < -0.39 is 6.10 Å². The van der Waals surface area contributed by atoms with E-state index in [0.717, 1.165) is 6.34 Å². The van der Waals surface area contributed by atoms with Crippen molar-refractivity contribution in [3.63, 3.8) is 0 Å². The molecule has 1 rings (SSSR count). The van der Waals surface area contributed by atoms with Gasteiger partial charge in [0, 0.05) is 12.6 Å². The molecule has 0 radical (unpaired) electrons. The van der Waals surface area contributed by atoms with E-state index in [1.54, 1.807) is 0 Å². The maximum atomic E-state index is 9.53. The molecular weight excluding hydrogens is 172 g/mol. The molecule has 2 atom stereocenters. The zero-order valence-electron chi connectivity index (χ0n) is 7.23. The monoisotopic (exact) mass is 186 g/mol. The first-order chi connectivity index (χ1) is 6.27. The molecule has 5 N–H and O–H groups in total. The number of piperidine rings is 1. The Morgan fingerprint density at radius 2 is 2.62 bits per heavy atom. The van der Waals surface area contributed by atoms with E-state index in [2.05, 4.69) is 15.1 Å². The average molecular weight is 186 g/mol. The first kappa shape index (κ1) is 10.3. The minimum Gasteiger partial charge on any atom is -0.387 e. The standard InChI is InChI=1S/C7H14N4O2/c8-4-11-6-2-10-5(3-13-9)1-7(6)12/h4-5,7-8,10,12H,1-3,9H2/t5-,7-/m0/s1. The normalized spacial score (nSPS) is 32.0. The minimum absolute atomic E-state index is 0.0599. The summed E-state index contributed by atoms with van der Waals surface area (Å²) < 4.78 is 0. The van der Waals surface area contributed by atoms with Crippen molar-refractivity contribution >= 4 is 12.1 Å². The fraction of sp³-hybridized carbons (Fsp3) is 0.714. The third-order valence-electron chi connectivity index (χ3n) is 1.99. The molecule has 6 nitrogen and oxygen atoms in total. The highest BCUT2D eigenvalue weighted by molar-refractivity contribution is 5.95. The van der Waals surface area contributed by atoms with Crippen LogP contribution in [0.3, 0.4) is 0 Å². The summed E-state index contributed by atoms with van der Waals surface area (Å²) in [6.45, 7) is 0.847. The van der Waals surface area contributed by atoms with Crippen LogP contribution >= 0.6 is 0 Å². The fourth-order valence-electron chi connectivity index (χ4n) is 1.31. The zero-order chi connectivity index (χ0) is 9.68. The molecule has 1 aliphatic rings. The molecule has 0 amide bonds. The van der Waals surface area contributed by atoms with Crippen LogP contribution in [0.4, 0.5) is 0 Å².